The predicted molar refractivity (Wildman–Crippen MR) is 114 cm³/mol. The van der Waals surface area contributed by atoms with E-state index in [1.165, 1.54) is 128 Å². The number of hydrogen-bond acceptors (Lipinski definition) is 2. The molecule has 4 aliphatic carbocycles. The average Bonchev–Trinajstić information content (AvgIpc) is 2.72. The molecule has 0 atom stereocenters. The van der Waals surface area contributed by atoms with Gasteiger partial charge in [0, 0.05) is 24.2 Å². The Morgan fingerprint density at radius 3 is 0.500 bits per heavy atom. The van der Waals surface area contributed by atoms with Crippen molar-refractivity contribution in [2.24, 2.45) is 0 Å². The Kier molecular flexibility index (Phi) is 80.4. The van der Waals surface area contributed by atoms with Crippen LogP contribution in [-0.4, -0.2) is 24.2 Å². The molecule has 2 N–H and O–H groups in total. The van der Waals surface area contributed by atoms with Gasteiger partial charge in [-0.1, -0.05) is 77.0 Å². The molecular formula is C24H46N2Na10+10. The fraction of sp³-hybridized carbons (Fsp3) is 1.00. The molecule has 0 unspecified atom stereocenters. The van der Waals surface area contributed by atoms with Crippen LogP contribution in [0.2, 0.25) is 0 Å². The van der Waals surface area contributed by atoms with Gasteiger partial charge in [-0.05, 0) is 51.4 Å². The van der Waals surface area contributed by atoms with Crippen molar-refractivity contribution in [3.05, 3.63) is 0 Å². The van der Waals surface area contributed by atoms with E-state index >= 15 is 0 Å². The molecule has 0 saturated heterocycles. The number of rotatable bonds is 4. The maximum atomic E-state index is 3.86. The van der Waals surface area contributed by atoms with Crippen LogP contribution in [0.15, 0.2) is 0 Å². The van der Waals surface area contributed by atoms with Crippen molar-refractivity contribution in [1.29, 1.82) is 0 Å². The van der Waals surface area contributed by atoms with Crippen molar-refractivity contribution in [2.45, 2.75) is 153 Å². The van der Waals surface area contributed by atoms with Gasteiger partial charge in [-0.3, -0.25) is 0 Å². The molecule has 4 aliphatic rings. The molecular weight excluding hydrogens is 546 g/mol. The van der Waals surface area contributed by atoms with E-state index in [1.807, 2.05) is 0 Å². The maximum absolute atomic E-state index is 3.86. The minimum atomic E-state index is 0. The van der Waals surface area contributed by atoms with E-state index in [9.17, 15) is 0 Å². The molecule has 2 nitrogen and oxygen atoms in total. The van der Waals surface area contributed by atoms with Crippen LogP contribution < -0.4 is 306 Å². The van der Waals surface area contributed by atoms with Gasteiger partial charge >= 0.3 is 296 Å². The number of nitrogens with one attached hydrogen (secondary N) is 2. The zero-order valence-electron chi connectivity index (χ0n) is 27.5. The second kappa shape index (κ2) is 44.9. The van der Waals surface area contributed by atoms with E-state index in [2.05, 4.69) is 10.6 Å². The van der Waals surface area contributed by atoms with E-state index in [1.54, 1.807) is 0 Å². The first-order valence-corrected chi connectivity index (χ1v) is 12.4. The summed E-state index contributed by atoms with van der Waals surface area (Å²) in [5.74, 6) is 0. The first kappa shape index (κ1) is 64.4. The summed E-state index contributed by atoms with van der Waals surface area (Å²) < 4.78 is 0. The second-order valence-electron chi connectivity index (χ2n) is 9.67. The van der Waals surface area contributed by atoms with E-state index < -0.39 is 0 Å². The molecule has 4 fully saturated rings. The van der Waals surface area contributed by atoms with Crippen LogP contribution in [0.1, 0.15) is 128 Å². The van der Waals surface area contributed by atoms with Crippen molar-refractivity contribution in [3.63, 3.8) is 0 Å². The van der Waals surface area contributed by atoms with E-state index in [0.29, 0.717) is 0 Å². The van der Waals surface area contributed by atoms with Crippen molar-refractivity contribution >= 4 is 0 Å². The van der Waals surface area contributed by atoms with Gasteiger partial charge in [0.2, 0.25) is 0 Å². The summed E-state index contributed by atoms with van der Waals surface area (Å²) in [5.41, 5.74) is 0. The summed E-state index contributed by atoms with van der Waals surface area (Å²) >= 11 is 0. The van der Waals surface area contributed by atoms with Gasteiger partial charge in [-0.25, -0.2) is 0 Å². The third kappa shape index (κ3) is 32.5. The largest absolute Gasteiger partial charge is 1.00 e. The van der Waals surface area contributed by atoms with Gasteiger partial charge in [-0.2, -0.15) is 0 Å². The molecule has 0 spiro atoms. The molecule has 0 aromatic carbocycles. The van der Waals surface area contributed by atoms with E-state index in [4.69, 9.17) is 0 Å². The summed E-state index contributed by atoms with van der Waals surface area (Å²) in [4.78, 5) is 0. The van der Waals surface area contributed by atoms with Gasteiger partial charge < -0.3 is 10.6 Å². The van der Waals surface area contributed by atoms with Crippen molar-refractivity contribution in [2.75, 3.05) is 0 Å². The van der Waals surface area contributed by atoms with Crippen LogP contribution in [-0.2, 0) is 0 Å². The molecule has 0 radical (unpaired) electrons. The van der Waals surface area contributed by atoms with Crippen LogP contribution in [0, 0.1) is 0 Å². The Morgan fingerprint density at radius 1 is 0.222 bits per heavy atom. The Labute approximate surface area is 447 Å². The van der Waals surface area contributed by atoms with Crippen molar-refractivity contribution in [3.8, 4) is 0 Å². The van der Waals surface area contributed by atoms with Gasteiger partial charge in [0.1, 0.15) is 0 Å². The Bertz CT molecular complexity index is 297. The quantitative estimate of drug-likeness (QED) is 0.317. The third-order valence-electron chi connectivity index (χ3n) is 7.36. The van der Waals surface area contributed by atoms with Crippen LogP contribution in [0.25, 0.3) is 0 Å². The molecule has 4 rings (SSSR count). The summed E-state index contributed by atoms with van der Waals surface area (Å²) in [5, 5.41) is 7.72. The predicted octanol–water partition coefficient (Wildman–Crippen LogP) is -23.5. The normalized spacial score (nSPS) is 20.0. The van der Waals surface area contributed by atoms with Gasteiger partial charge in [0.15, 0.2) is 0 Å². The second-order valence-corrected chi connectivity index (χ2v) is 9.67. The summed E-state index contributed by atoms with van der Waals surface area (Å²) in [6.45, 7) is 0. The summed E-state index contributed by atoms with van der Waals surface area (Å²) in [6.07, 6.45) is 29.1. The molecule has 0 amide bonds. The Morgan fingerprint density at radius 2 is 0.361 bits per heavy atom. The number of hydrogen-bond donors (Lipinski definition) is 2. The fourth-order valence-corrected chi connectivity index (χ4v) is 5.74. The van der Waals surface area contributed by atoms with Crippen molar-refractivity contribution < 1.29 is 296 Å². The fourth-order valence-electron chi connectivity index (χ4n) is 5.74. The Balaban J connectivity index is -0.0000000568. The van der Waals surface area contributed by atoms with Crippen LogP contribution in [0.4, 0.5) is 0 Å². The Hall–Kier alpha value is 9.92. The zero-order valence-corrected chi connectivity index (χ0v) is 47.5. The van der Waals surface area contributed by atoms with Gasteiger partial charge in [0.25, 0.3) is 0 Å². The zero-order chi connectivity index (χ0) is 17.9. The minimum Gasteiger partial charge on any atom is -0.311 e. The molecule has 0 heterocycles. The molecule has 36 heavy (non-hydrogen) atoms. The molecule has 0 bridgehead atoms. The molecule has 152 valence electrons. The first-order chi connectivity index (χ1) is 12.9. The summed E-state index contributed by atoms with van der Waals surface area (Å²) in [7, 11) is 0. The van der Waals surface area contributed by atoms with Crippen LogP contribution >= 0.6 is 0 Å². The van der Waals surface area contributed by atoms with E-state index in [-0.39, 0.29) is 296 Å². The van der Waals surface area contributed by atoms with E-state index in [0.717, 1.165) is 24.2 Å². The van der Waals surface area contributed by atoms with Crippen LogP contribution in [0.3, 0.4) is 0 Å². The van der Waals surface area contributed by atoms with Gasteiger partial charge in [-0.15, -0.1) is 0 Å². The minimum absolute atomic E-state index is 0. The van der Waals surface area contributed by atoms with Gasteiger partial charge in [0.05, 0.1) is 0 Å². The van der Waals surface area contributed by atoms with Crippen LogP contribution in [0.5, 0.6) is 0 Å². The average molecular weight is 593 g/mol. The SMILES string of the molecule is C1CCC(NC2CCCCC2)CC1.C1CCC(NC2CCCCC2)CC1.[Na+].[Na+].[Na+].[Na+].[Na+].[Na+].[Na+].[Na+].[Na+].[Na+]. The monoisotopic (exact) mass is 592 g/mol. The maximum Gasteiger partial charge on any atom is 1.00 e. The summed E-state index contributed by atoms with van der Waals surface area (Å²) in [6, 6.07) is 3.49. The van der Waals surface area contributed by atoms with Crippen molar-refractivity contribution in [1.82, 2.24) is 10.6 Å². The third-order valence-corrected chi connectivity index (χ3v) is 7.36. The molecule has 0 aromatic heterocycles. The molecule has 12 heteroatoms. The standard InChI is InChI=1S/2C12H23N.10Na/c2*1-3-7-11(8-4-1)13-12-9-5-2-6-10-12;;;;;;;;;;/h2*11-13H,1-10H2;;;;;;;;;;/q;;10*+1. The topological polar surface area (TPSA) is 24.1 Å². The first-order valence-electron chi connectivity index (χ1n) is 12.4. The molecule has 0 aromatic rings. The molecule has 0 aliphatic heterocycles. The smallest absolute Gasteiger partial charge is 0.311 e. The molecule has 4 saturated carbocycles.